The number of pyridine rings is 1. The van der Waals surface area contributed by atoms with Crippen LogP contribution in [0.2, 0.25) is 5.02 Å². The van der Waals surface area contributed by atoms with Crippen molar-refractivity contribution in [3.05, 3.63) is 53.2 Å². The summed E-state index contributed by atoms with van der Waals surface area (Å²) in [6, 6.07) is 9.53. The zero-order valence-electron chi connectivity index (χ0n) is 12.5. The van der Waals surface area contributed by atoms with Crippen LogP contribution >= 0.6 is 11.6 Å². The Kier molecular flexibility index (Phi) is 5.54. The lowest BCUT2D eigenvalue weighted by Gasteiger charge is -2.16. The average Bonchev–Trinajstić information content (AvgIpc) is 2.54. The van der Waals surface area contributed by atoms with E-state index in [2.05, 4.69) is 10.3 Å². The SMILES string of the molecule is CCC(OC(=O)c1cccc(N)c1)C(=O)Nc1ccc(Cl)cn1. The number of aromatic nitrogens is 1. The molecule has 23 heavy (non-hydrogen) atoms. The zero-order chi connectivity index (χ0) is 16.8. The van der Waals surface area contributed by atoms with Gasteiger partial charge in [-0.3, -0.25) is 4.79 Å². The van der Waals surface area contributed by atoms with Crippen molar-refractivity contribution >= 4 is 35.0 Å². The number of hydrogen-bond acceptors (Lipinski definition) is 5. The third-order valence-corrected chi connectivity index (χ3v) is 3.24. The van der Waals surface area contributed by atoms with Crippen LogP contribution in [-0.2, 0) is 9.53 Å². The Balaban J connectivity index is 2.02. The van der Waals surface area contributed by atoms with E-state index in [4.69, 9.17) is 22.1 Å². The normalized spacial score (nSPS) is 11.6. The minimum atomic E-state index is -0.929. The predicted octanol–water partition coefficient (Wildman–Crippen LogP) is 2.89. The van der Waals surface area contributed by atoms with Crippen molar-refractivity contribution in [2.45, 2.75) is 19.4 Å². The van der Waals surface area contributed by atoms with Crippen LogP contribution in [0.3, 0.4) is 0 Å². The van der Waals surface area contributed by atoms with Gasteiger partial charge in [0.1, 0.15) is 5.82 Å². The Hall–Kier alpha value is -2.60. The van der Waals surface area contributed by atoms with Gasteiger partial charge in [0.05, 0.1) is 10.6 Å². The van der Waals surface area contributed by atoms with E-state index in [0.717, 1.165) is 0 Å². The third-order valence-electron chi connectivity index (χ3n) is 3.01. The van der Waals surface area contributed by atoms with Gasteiger partial charge in [0, 0.05) is 11.9 Å². The lowest BCUT2D eigenvalue weighted by molar-refractivity contribution is -0.124. The molecule has 1 heterocycles. The maximum Gasteiger partial charge on any atom is 0.338 e. The lowest BCUT2D eigenvalue weighted by atomic mass is 10.2. The summed E-state index contributed by atoms with van der Waals surface area (Å²) in [6.45, 7) is 1.74. The van der Waals surface area contributed by atoms with E-state index >= 15 is 0 Å². The van der Waals surface area contributed by atoms with Crippen molar-refractivity contribution in [3.63, 3.8) is 0 Å². The fourth-order valence-corrected chi connectivity index (χ4v) is 1.95. The summed E-state index contributed by atoms with van der Waals surface area (Å²) in [4.78, 5) is 28.2. The monoisotopic (exact) mass is 333 g/mol. The Bertz CT molecular complexity index is 704. The van der Waals surface area contributed by atoms with Crippen LogP contribution in [-0.4, -0.2) is 23.0 Å². The van der Waals surface area contributed by atoms with Crippen molar-refractivity contribution in [1.82, 2.24) is 4.98 Å². The number of hydrogen-bond donors (Lipinski definition) is 2. The average molecular weight is 334 g/mol. The maximum absolute atomic E-state index is 12.2. The Labute approximate surface area is 138 Å². The van der Waals surface area contributed by atoms with Crippen molar-refractivity contribution in [2.24, 2.45) is 0 Å². The molecule has 1 amide bonds. The molecule has 0 bridgehead atoms. The summed E-state index contributed by atoms with van der Waals surface area (Å²) in [7, 11) is 0. The van der Waals surface area contributed by atoms with E-state index < -0.39 is 18.0 Å². The molecule has 0 radical (unpaired) electrons. The molecule has 2 rings (SSSR count). The van der Waals surface area contributed by atoms with Crippen LogP contribution < -0.4 is 11.1 Å². The molecule has 0 aliphatic rings. The summed E-state index contributed by atoms with van der Waals surface area (Å²) in [6.07, 6.45) is 0.811. The number of nitrogen functional groups attached to an aromatic ring is 1. The predicted molar refractivity (Wildman–Crippen MR) is 88.2 cm³/mol. The molecule has 0 saturated heterocycles. The molecule has 0 aliphatic carbocycles. The smallest absolute Gasteiger partial charge is 0.338 e. The van der Waals surface area contributed by atoms with E-state index in [0.29, 0.717) is 28.5 Å². The fraction of sp³-hybridized carbons (Fsp3) is 0.188. The molecule has 0 spiro atoms. The van der Waals surface area contributed by atoms with Gasteiger partial charge in [-0.2, -0.15) is 0 Å². The first-order chi connectivity index (χ1) is 11.0. The van der Waals surface area contributed by atoms with E-state index in [-0.39, 0.29) is 0 Å². The van der Waals surface area contributed by atoms with E-state index in [9.17, 15) is 9.59 Å². The number of anilines is 2. The summed E-state index contributed by atoms with van der Waals surface area (Å²) in [5, 5.41) is 3.04. The highest BCUT2D eigenvalue weighted by molar-refractivity contribution is 6.30. The molecule has 1 unspecified atom stereocenters. The maximum atomic E-state index is 12.2. The number of carbonyl (C=O) groups is 2. The second-order valence-corrected chi connectivity index (χ2v) is 5.22. The van der Waals surface area contributed by atoms with Crippen LogP contribution in [0.25, 0.3) is 0 Å². The molecule has 3 N–H and O–H groups in total. The summed E-state index contributed by atoms with van der Waals surface area (Å²) >= 11 is 5.73. The van der Waals surface area contributed by atoms with Crippen molar-refractivity contribution < 1.29 is 14.3 Å². The number of halogens is 1. The number of amides is 1. The zero-order valence-corrected chi connectivity index (χ0v) is 13.2. The minimum Gasteiger partial charge on any atom is -0.449 e. The summed E-state index contributed by atoms with van der Waals surface area (Å²) < 4.78 is 5.24. The molecule has 0 fully saturated rings. The highest BCUT2D eigenvalue weighted by atomic mass is 35.5. The van der Waals surface area contributed by atoms with Crippen LogP contribution in [0.15, 0.2) is 42.6 Å². The fourth-order valence-electron chi connectivity index (χ4n) is 1.84. The summed E-state index contributed by atoms with van der Waals surface area (Å²) in [5.41, 5.74) is 6.37. The molecule has 1 aromatic heterocycles. The van der Waals surface area contributed by atoms with Crippen molar-refractivity contribution in [1.29, 1.82) is 0 Å². The van der Waals surface area contributed by atoms with Gasteiger partial charge in [-0.15, -0.1) is 0 Å². The van der Waals surface area contributed by atoms with Gasteiger partial charge in [0.25, 0.3) is 5.91 Å². The number of nitrogens with one attached hydrogen (secondary N) is 1. The molecule has 6 nitrogen and oxygen atoms in total. The van der Waals surface area contributed by atoms with Gasteiger partial charge in [0.15, 0.2) is 6.10 Å². The first-order valence-corrected chi connectivity index (χ1v) is 7.36. The highest BCUT2D eigenvalue weighted by Gasteiger charge is 2.22. The molecule has 0 aliphatic heterocycles. The topological polar surface area (TPSA) is 94.3 Å². The van der Waals surface area contributed by atoms with E-state index in [1.54, 1.807) is 37.3 Å². The highest BCUT2D eigenvalue weighted by Crippen LogP contribution is 2.13. The minimum absolute atomic E-state index is 0.292. The van der Waals surface area contributed by atoms with Gasteiger partial charge >= 0.3 is 5.97 Å². The molecule has 120 valence electrons. The molecule has 0 saturated carbocycles. The van der Waals surface area contributed by atoms with Crippen LogP contribution in [0.5, 0.6) is 0 Å². The van der Waals surface area contributed by atoms with Crippen LogP contribution in [0, 0.1) is 0 Å². The van der Waals surface area contributed by atoms with Gasteiger partial charge in [0.2, 0.25) is 0 Å². The van der Waals surface area contributed by atoms with E-state index in [1.807, 2.05) is 0 Å². The molecular weight excluding hydrogens is 318 g/mol. The van der Waals surface area contributed by atoms with Gasteiger partial charge in [-0.25, -0.2) is 9.78 Å². The number of nitrogens with two attached hydrogens (primary N) is 1. The molecule has 1 atom stereocenters. The molecule has 2 aromatic rings. The van der Waals surface area contributed by atoms with Gasteiger partial charge in [-0.05, 0) is 36.8 Å². The first kappa shape index (κ1) is 16.8. The number of esters is 1. The number of ether oxygens (including phenoxy) is 1. The second kappa shape index (κ2) is 7.60. The molecule has 7 heteroatoms. The Morgan fingerprint density at radius 2 is 2.13 bits per heavy atom. The largest absolute Gasteiger partial charge is 0.449 e. The van der Waals surface area contributed by atoms with Gasteiger partial charge < -0.3 is 15.8 Å². The van der Waals surface area contributed by atoms with E-state index in [1.165, 1.54) is 12.3 Å². The number of nitrogens with zero attached hydrogens (tertiary/aromatic N) is 1. The first-order valence-electron chi connectivity index (χ1n) is 6.98. The standard InChI is InChI=1S/C16H16ClN3O3/c1-2-13(15(21)20-14-7-6-11(17)9-19-14)23-16(22)10-4-3-5-12(18)8-10/h3-9,13H,2,18H2,1H3,(H,19,20,21). The third kappa shape index (κ3) is 4.69. The molecular formula is C16H16ClN3O3. The van der Waals surface area contributed by atoms with Crippen LogP contribution in [0.1, 0.15) is 23.7 Å². The summed E-state index contributed by atoms with van der Waals surface area (Å²) in [5.74, 6) is -0.735. The quantitative estimate of drug-likeness (QED) is 0.648. The number of carbonyl (C=O) groups excluding carboxylic acids is 2. The lowest BCUT2D eigenvalue weighted by Crippen LogP contribution is -2.32. The van der Waals surface area contributed by atoms with Crippen molar-refractivity contribution in [3.8, 4) is 0 Å². The Morgan fingerprint density at radius 3 is 2.74 bits per heavy atom. The Morgan fingerprint density at radius 1 is 1.35 bits per heavy atom. The van der Waals surface area contributed by atoms with Gasteiger partial charge in [-0.1, -0.05) is 24.6 Å². The molecule has 1 aromatic carbocycles. The number of rotatable bonds is 5. The second-order valence-electron chi connectivity index (χ2n) is 4.78. The van der Waals surface area contributed by atoms with Crippen molar-refractivity contribution in [2.75, 3.05) is 11.1 Å². The van der Waals surface area contributed by atoms with Crippen LogP contribution in [0.4, 0.5) is 11.5 Å². The number of benzene rings is 1.